The minimum atomic E-state index is 0.872. The SMILES string of the molecule is C/C=C(\C)CC1CCC=C(Cc2ccc(C)cc2Br)CC1. The third kappa shape index (κ3) is 5.14. The average Bonchev–Trinajstić information content (AvgIpc) is 2.67. The Balaban J connectivity index is 1.95. The van der Waals surface area contributed by atoms with E-state index in [0.29, 0.717) is 0 Å². The largest absolute Gasteiger partial charge is 0.0887 e. The molecule has 0 aliphatic heterocycles. The lowest BCUT2D eigenvalue weighted by molar-refractivity contribution is 0.460. The fraction of sp³-hybridized carbons (Fsp3) is 0.500. The first-order valence-electron chi connectivity index (χ1n) is 8.13. The summed E-state index contributed by atoms with van der Waals surface area (Å²) in [5.41, 5.74) is 5.92. The van der Waals surface area contributed by atoms with Crippen molar-refractivity contribution in [3.05, 3.63) is 57.1 Å². The first kappa shape index (κ1) is 16.5. The van der Waals surface area contributed by atoms with E-state index in [0.717, 1.165) is 12.3 Å². The maximum absolute atomic E-state index is 3.71. The van der Waals surface area contributed by atoms with Crippen molar-refractivity contribution in [1.29, 1.82) is 0 Å². The molecule has 0 heterocycles. The highest BCUT2D eigenvalue weighted by Crippen LogP contribution is 2.30. The van der Waals surface area contributed by atoms with Gasteiger partial charge in [0.2, 0.25) is 0 Å². The third-order valence-corrected chi connectivity index (χ3v) is 5.35. The predicted molar refractivity (Wildman–Crippen MR) is 96.7 cm³/mol. The lowest BCUT2D eigenvalue weighted by atomic mass is 9.91. The van der Waals surface area contributed by atoms with Gasteiger partial charge in [-0.2, -0.15) is 0 Å². The summed E-state index contributed by atoms with van der Waals surface area (Å²) in [4.78, 5) is 0. The molecule has 1 aromatic rings. The maximum Gasteiger partial charge on any atom is 0.0213 e. The second kappa shape index (κ2) is 7.98. The molecule has 0 aromatic heterocycles. The molecule has 114 valence electrons. The summed E-state index contributed by atoms with van der Waals surface area (Å²) in [5.74, 6) is 0.872. The van der Waals surface area contributed by atoms with E-state index in [4.69, 9.17) is 0 Å². The van der Waals surface area contributed by atoms with Crippen LogP contribution in [0.5, 0.6) is 0 Å². The van der Waals surface area contributed by atoms with Crippen LogP contribution in [0.15, 0.2) is 46.0 Å². The van der Waals surface area contributed by atoms with E-state index in [1.807, 2.05) is 0 Å². The van der Waals surface area contributed by atoms with Gasteiger partial charge in [0.15, 0.2) is 0 Å². The van der Waals surface area contributed by atoms with E-state index in [1.165, 1.54) is 47.7 Å². The second-order valence-corrected chi connectivity index (χ2v) is 7.31. The van der Waals surface area contributed by atoms with Gasteiger partial charge in [-0.3, -0.25) is 0 Å². The summed E-state index contributed by atoms with van der Waals surface area (Å²) < 4.78 is 1.26. The number of hydrogen-bond donors (Lipinski definition) is 0. The summed E-state index contributed by atoms with van der Waals surface area (Å²) >= 11 is 3.71. The molecule has 1 aliphatic rings. The van der Waals surface area contributed by atoms with Crippen LogP contribution in [0, 0.1) is 12.8 Å². The Morgan fingerprint density at radius 2 is 2.14 bits per heavy atom. The summed E-state index contributed by atoms with van der Waals surface area (Å²) in [7, 11) is 0. The quantitative estimate of drug-likeness (QED) is 0.527. The zero-order valence-electron chi connectivity index (χ0n) is 13.6. The molecular formula is C20H27Br. The van der Waals surface area contributed by atoms with Crippen LogP contribution in [-0.2, 0) is 6.42 Å². The Kier molecular flexibility index (Phi) is 6.29. The minimum absolute atomic E-state index is 0.872. The average molecular weight is 347 g/mol. The Hall–Kier alpha value is -0.820. The van der Waals surface area contributed by atoms with Crippen LogP contribution >= 0.6 is 15.9 Å². The molecule has 0 fully saturated rings. The van der Waals surface area contributed by atoms with Crippen LogP contribution in [0.4, 0.5) is 0 Å². The number of aryl methyl sites for hydroxylation is 1. The third-order valence-electron chi connectivity index (χ3n) is 4.61. The van der Waals surface area contributed by atoms with Crippen LogP contribution < -0.4 is 0 Å². The first-order valence-corrected chi connectivity index (χ1v) is 8.92. The summed E-state index contributed by atoms with van der Waals surface area (Å²) in [6.07, 6.45) is 12.4. The van der Waals surface area contributed by atoms with Crippen molar-refractivity contribution in [2.75, 3.05) is 0 Å². The number of allylic oxidation sites excluding steroid dienone is 4. The second-order valence-electron chi connectivity index (χ2n) is 6.46. The van der Waals surface area contributed by atoms with Crippen LogP contribution in [0.2, 0.25) is 0 Å². The fourth-order valence-corrected chi connectivity index (χ4v) is 3.77. The normalized spacial score (nSPS) is 20.1. The van der Waals surface area contributed by atoms with Gasteiger partial charge in [0, 0.05) is 4.47 Å². The number of benzene rings is 1. The van der Waals surface area contributed by atoms with Gasteiger partial charge in [-0.05, 0) is 82.4 Å². The summed E-state index contributed by atoms with van der Waals surface area (Å²) in [6, 6.07) is 6.72. The molecule has 1 heteroatoms. The molecule has 0 saturated carbocycles. The molecule has 21 heavy (non-hydrogen) atoms. The molecule has 1 unspecified atom stereocenters. The van der Waals surface area contributed by atoms with E-state index in [9.17, 15) is 0 Å². The van der Waals surface area contributed by atoms with Crippen molar-refractivity contribution in [1.82, 2.24) is 0 Å². The molecule has 0 saturated heterocycles. The minimum Gasteiger partial charge on any atom is -0.0887 e. The summed E-state index contributed by atoms with van der Waals surface area (Å²) in [6.45, 7) is 6.57. The topological polar surface area (TPSA) is 0 Å². The molecule has 0 spiro atoms. The molecule has 1 aromatic carbocycles. The van der Waals surface area contributed by atoms with Crippen molar-refractivity contribution in [2.24, 2.45) is 5.92 Å². The van der Waals surface area contributed by atoms with Crippen LogP contribution in [0.1, 0.15) is 57.1 Å². The Morgan fingerprint density at radius 3 is 2.86 bits per heavy atom. The van der Waals surface area contributed by atoms with Crippen molar-refractivity contribution in [3.63, 3.8) is 0 Å². The van der Waals surface area contributed by atoms with Gasteiger partial charge in [0.05, 0.1) is 0 Å². The fourth-order valence-electron chi connectivity index (χ4n) is 3.14. The highest BCUT2D eigenvalue weighted by Gasteiger charge is 2.14. The van der Waals surface area contributed by atoms with E-state index in [1.54, 1.807) is 11.1 Å². The van der Waals surface area contributed by atoms with E-state index >= 15 is 0 Å². The highest BCUT2D eigenvalue weighted by atomic mass is 79.9. The smallest absolute Gasteiger partial charge is 0.0213 e. The van der Waals surface area contributed by atoms with E-state index in [2.05, 4.69) is 67.1 Å². The number of rotatable bonds is 4. The molecule has 0 radical (unpaired) electrons. The Morgan fingerprint density at radius 1 is 1.33 bits per heavy atom. The number of hydrogen-bond acceptors (Lipinski definition) is 0. The first-order chi connectivity index (χ1) is 10.1. The molecule has 1 atom stereocenters. The molecule has 0 N–H and O–H groups in total. The van der Waals surface area contributed by atoms with Gasteiger partial charge in [-0.25, -0.2) is 0 Å². The van der Waals surface area contributed by atoms with Gasteiger partial charge in [0.1, 0.15) is 0 Å². The van der Waals surface area contributed by atoms with E-state index in [-0.39, 0.29) is 0 Å². The molecular weight excluding hydrogens is 320 g/mol. The Labute approximate surface area is 138 Å². The predicted octanol–water partition coefficient (Wildman–Crippen LogP) is 6.77. The van der Waals surface area contributed by atoms with Gasteiger partial charge in [0.25, 0.3) is 0 Å². The van der Waals surface area contributed by atoms with Crippen LogP contribution in [0.25, 0.3) is 0 Å². The van der Waals surface area contributed by atoms with Crippen LogP contribution in [-0.4, -0.2) is 0 Å². The highest BCUT2D eigenvalue weighted by molar-refractivity contribution is 9.10. The lowest BCUT2D eigenvalue weighted by Gasteiger charge is -2.14. The van der Waals surface area contributed by atoms with Crippen molar-refractivity contribution in [3.8, 4) is 0 Å². The lowest BCUT2D eigenvalue weighted by Crippen LogP contribution is -2.00. The van der Waals surface area contributed by atoms with Gasteiger partial charge in [-0.15, -0.1) is 0 Å². The summed E-state index contributed by atoms with van der Waals surface area (Å²) in [5, 5.41) is 0. The van der Waals surface area contributed by atoms with Crippen molar-refractivity contribution >= 4 is 15.9 Å². The number of halogens is 1. The molecule has 0 bridgehead atoms. The van der Waals surface area contributed by atoms with Gasteiger partial charge in [-0.1, -0.05) is 51.4 Å². The van der Waals surface area contributed by atoms with Crippen molar-refractivity contribution in [2.45, 2.75) is 59.3 Å². The molecule has 0 nitrogen and oxygen atoms in total. The van der Waals surface area contributed by atoms with Crippen LogP contribution in [0.3, 0.4) is 0 Å². The molecule has 0 amide bonds. The van der Waals surface area contributed by atoms with E-state index < -0.39 is 0 Å². The maximum atomic E-state index is 3.71. The zero-order chi connectivity index (χ0) is 15.2. The monoisotopic (exact) mass is 346 g/mol. The standard InChI is InChI=1S/C20H27Br/c1-4-15(2)12-17-6-5-7-18(10-9-17)14-19-11-8-16(3)13-20(19)21/h4,7-8,11,13,17H,5-6,9-10,12,14H2,1-3H3/b15-4+. The molecule has 1 aliphatic carbocycles. The zero-order valence-corrected chi connectivity index (χ0v) is 15.2. The molecule has 2 rings (SSSR count). The van der Waals surface area contributed by atoms with Gasteiger partial charge >= 0.3 is 0 Å². The Bertz CT molecular complexity index is 537. The van der Waals surface area contributed by atoms with Gasteiger partial charge < -0.3 is 0 Å². The van der Waals surface area contributed by atoms with Crippen molar-refractivity contribution < 1.29 is 0 Å².